The number of halogens is 2. The monoisotopic (exact) mass is 280 g/mol. The number of H-pyrrole nitrogens is 1. The van der Waals surface area contributed by atoms with Gasteiger partial charge >= 0.3 is 0 Å². The van der Waals surface area contributed by atoms with Gasteiger partial charge in [0, 0.05) is 30.2 Å². The summed E-state index contributed by atoms with van der Waals surface area (Å²) in [5.41, 5.74) is 1.99. The Morgan fingerprint density at radius 3 is 2.90 bits per heavy atom. The topological polar surface area (TPSA) is 28.3 Å². The van der Waals surface area contributed by atoms with Crippen LogP contribution in [0.1, 0.15) is 5.56 Å². The first-order chi connectivity index (χ1) is 9.65. The van der Waals surface area contributed by atoms with E-state index in [1.165, 1.54) is 6.08 Å². The summed E-state index contributed by atoms with van der Waals surface area (Å²) in [6.07, 6.45) is 3.90. The van der Waals surface area contributed by atoms with Crippen LogP contribution in [0.4, 0.5) is 8.78 Å². The van der Waals surface area contributed by atoms with Crippen LogP contribution in [-0.2, 0) is 6.42 Å². The molecule has 108 valence electrons. The van der Waals surface area contributed by atoms with Gasteiger partial charge in [0.25, 0.3) is 6.55 Å². The highest BCUT2D eigenvalue weighted by Gasteiger charge is 2.15. The third-order valence-corrected chi connectivity index (χ3v) is 3.28. The molecular weight excluding hydrogens is 262 g/mol. The van der Waals surface area contributed by atoms with Crippen molar-refractivity contribution in [2.45, 2.75) is 13.0 Å². The molecule has 20 heavy (non-hydrogen) atoms. The van der Waals surface area contributed by atoms with Crippen LogP contribution in [0.5, 0.6) is 5.75 Å². The lowest BCUT2D eigenvalue weighted by Gasteiger charge is -2.18. The Balaban J connectivity index is 2.14. The summed E-state index contributed by atoms with van der Waals surface area (Å²) in [5, 5.41) is 1.01. The van der Waals surface area contributed by atoms with Crippen molar-refractivity contribution in [3.8, 4) is 5.75 Å². The number of fused-ring (bicyclic) bond motifs is 1. The van der Waals surface area contributed by atoms with Gasteiger partial charge in [0.2, 0.25) is 0 Å². The van der Waals surface area contributed by atoms with Gasteiger partial charge in [-0.15, -0.1) is 6.58 Å². The summed E-state index contributed by atoms with van der Waals surface area (Å²) in [6, 6.07) is 5.71. The fraction of sp³-hybridized carbons (Fsp3) is 0.333. The van der Waals surface area contributed by atoms with E-state index in [4.69, 9.17) is 4.74 Å². The lowest BCUT2D eigenvalue weighted by atomic mass is 10.1. The first kappa shape index (κ1) is 14.5. The number of hydrogen-bond acceptors (Lipinski definition) is 2. The minimum Gasteiger partial charge on any atom is -0.497 e. The van der Waals surface area contributed by atoms with Crippen molar-refractivity contribution in [2.75, 3.05) is 20.2 Å². The second kappa shape index (κ2) is 6.52. The number of nitrogens with zero attached hydrogens (tertiary/aromatic N) is 1. The number of methoxy groups -OCH3 is 1. The van der Waals surface area contributed by atoms with E-state index in [9.17, 15) is 8.78 Å². The maximum Gasteiger partial charge on any atom is 0.295 e. The first-order valence-corrected chi connectivity index (χ1v) is 6.42. The molecule has 1 aromatic carbocycles. The Morgan fingerprint density at radius 1 is 1.45 bits per heavy atom. The highest BCUT2D eigenvalue weighted by Crippen LogP contribution is 2.24. The van der Waals surface area contributed by atoms with Crippen LogP contribution < -0.4 is 4.74 Å². The van der Waals surface area contributed by atoms with Gasteiger partial charge in [0.15, 0.2) is 0 Å². The van der Waals surface area contributed by atoms with E-state index in [0.717, 1.165) is 27.1 Å². The number of rotatable bonds is 7. The van der Waals surface area contributed by atoms with Gasteiger partial charge in [0.1, 0.15) is 5.75 Å². The molecule has 0 aliphatic heterocycles. The summed E-state index contributed by atoms with van der Waals surface area (Å²) in [4.78, 5) is 4.23. The van der Waals surface area contributed by atoms with Crippen molar-refractivity contribution < 1.29 is 13.5 Å². The largest absolute Gasteiger partial charge is 0.497 e. The highest BCUT2D eigenvalue weighted by molar-refractivity contribution is 5.84. The second-order valence-electron chi connectivity index (χ2n) is 4.54. The quantitative estimate of drug-likeness (QED) is 0.621. The fourth-order valence-electron chi connectivity index (χ4n) is 2.19. The number of nitrogens with one attached hydrogen (secondary N) is 1. The molecule has 0 radical (unpaired) electrons. The Hall–Kier alpha value is -1.88. The van der Waals surface area contributed by atoms with Crippen LogP contribution >= 0.6 is 0 Å². The number of hydrogen-bond donors (Lipinski definition) is 1. The van der Waals surface area contributed by atoms with Gasteiger partial charge in [-0.05, 0) is 30.2 Å². The summed E-state index contributed by atoms with van der Waals surface area (Å²) < 4.78 is 30.8. The van der Waals surface area contributed by atoms with Gasteiger partial charge in [-0.2, -0.15) is 8.78 Å². The predicted octanol–water partition coefficient (Wildman–Crippen LogP) is 3.43. The molecule has 2 aromatic rings. The molecule has 0 spiro atoms. The molecule has 0 atom stereocenters. The summed E-state index contributed by atoms with van der Waals surface area (Å²) >= 11 is 0. The van der Waals surface area contributed by atoms with Crippen LogP contribution in [0.2, 0.25) is 0 Å². The molecule has 0 amide bonds. The number of aromatic amines is 1. The van der Waals surface area contributed by atoms with Gasteiger partial charge in [0.05, 0.1) is 7.11 Å². The van der Waals surface area contributed by atoms with Gasteiger partial charge in [-0.3, -0.25) is 0 Å². The molecule has 5 heteroatoms. The number of aromatic nitrogens is 1. The highest BCUT2D eigenvalue weighted by atomic mass is 19.3. The number of benzene rings is 1. The molecule has 0 unspecified atom stereocenters. The smallest absolute Gasteiger partial charge is 0.295 e. The van der Waals surface area contributed by atoms with E-state index in [1.54, 1.807) is 7.11 Å². The van der Waals surface area contributed by atoms with Crippen LogP contribution in [0.15, 0.2) is 37.1 Å². The van der Waals surface area contributed by atoms with Crippen molar-refractivity contribution >= 4 is 10.9 Å². The third-order valence-electron chi connectivity index (χ3n) is 3.28. The molecule has 0 saturated heterocycles. The van der Waals surface area contributed by atoms with E-state index in [2.05, 4.69) is 11.6 Å². The van der Waals surface area contributed by atoms with E-state index in [1.807, 2.05) is 24.4 Å². The Bertz CT molecular complexity index is 580. The van der Waals surface area contributed by atoms with Gasteiger partial charge < -0.3 is 9.72 Å². The van der Waals surface area contributed by atoms with E-state index >= 15 is 0 Å². The molecule has 3 nitrogen and oxygen atoms in total. The summed E-state index contributed by atoms with van der Waals surface area (Å²) in [7, 11) is 1.61. The molecule has 0 bridgehead atoms. The van der Waals surface area contributed by atoms with Crippen molar-refractivity contribution in [3.63, 3.8) is 0 Å². The molecule has 1 heterocycles. The Labute approximate surface area is 116 Å². The van der Waals surface area contributed by atoms with E-state index in [0.29, 0.717) is 6.42 Å². The zero-order valence-electron chi connectivity index (χ0n) is 11.4. The maximum atomic E-state index is 12.8. The summed E-state index contributed by atoms with van der Waals surface area (Å²) in [5.74, 6) is 0.759. The molecule has 2 rings (SSSR count). The van der Waals surface area contributed by atoms with E-state index in [-0.39, 0.29) is 13.1 Å². The molecular formula is C15H18F2N2O. The lowest BCUT2D eigenvalue weighted by molar-refractivity contribution is -0.0185. The standard InChI is InChI=1S/C15H18F2N2O/c1-3-7-19(15(16)17)8-6-11-10-18-14-5-4-12(20-2)9-13(11)14/h3-5,9-10,15,18H,1,6-8H2,2H3. The zero-order valence-corrected chi connectivity index (χ0v) is 11.4. The third kappa shape index (κ3) is 3.17. The molecule has 0 aliphatic carbocycles. The molecule has 0 saturated carbocycles. The van der Waals surface area contributed by atoms with Crippen molar-refractivity contribution in [2.24, 2.45) is 0 Å². The van der Waals surface area contributed by atoms with Crippen LogP contribution in [-0.4, -0.2) is 36.6 Å². The Kier molecular flexibility index (Phi) is 4.74. The van der Waals surface area contributed by atoms with E-state index < -0.39 is 6.55 Å². The van der Waals surface area contributed by atoms with Crippen molar-refractivity contribution in [3.05, 3.63) is 42.6 Å². The SMILES string of the molecule is C=CCN(CCc1c[nH]c2ccc(OC)cc12)C(F)F. The normalized spacial score (nSPS) is 11.4. The van der Waals surface area contributed by atoms with Crippen molar-refractivity contribution in [1.82, 2.24) is 9.88 Å². The van der Waals surface area contributed by atoms with Crippen LogP contribution in [0.3, 0.4) is 0 Å². The number of alkyl halides is 2. The minimum absolute atomic E-state index is 0.184. The molecule has 0 fully saturated rings. The Morgan fingerprint density at radius 2 is 2.25 bits per heavy atom. The maximum absolute atomic E-state index is 12.8. The van der Waals surface area contributed by atoms with Gasteiger partial charge in [-0.25, -0.2) is 4.90 Å². The predicted molar refractivity (Wildman–Crippen MR) is 76.3 cm³/mol. The average molecular weight is 280 g/mol. The molecule has 0 aliphatic rings. The second-order valence-corrected chi connectivity index (χ2v) is 4.54. The fourth-order valence-corrected chi connectivity index (χ4v) is 2.19. The molecule has 1 aromatic heterocycles. The molecule has 1 N–H and O–H groups in total. The van der Waals surface area contributed by atoms with Crippen LogP contribution in [0, 0.1) is 0 Å². The summed E-state index contributed by atoms with van der Waals surface area (Å²) in [6.45, 7) is 1.51. The minimum atomic E-state index is -2.47. The first-order valence-electron chi connectivity index (χ1n) is 6.42. The zero-order chi connectivity index (χ0) is 14.5. The number of ether oxygens (including phenoxy) is 1. The van der Waals surface area contributed by atoms with Gasteiger partial charge in [-0.1, -0.05) is 6.08 Å². The van der Waals surface area contributed by atoms with Crippen molar-refractivity contribution in [1.29, 1.82) is 0 Å². The van der Waals surface area contributed by atoms with Crippen LogP contribution in [0.25, 0.3) is 10.9 Å². The average Bonchev–Trinajstić information content (AvgIpc) is 2.85. The lowest BCUT2D eigenvalue weighted by Crippen LogP contribution is -2.31.